The van der Waals surface area contributed by atoms with Gasteiger partial charge in [0.15, 0.2) is 0 Å². The van der Waals surface area contributed by atoms with E-state index in [0.717, 1.165) is 5.56 Å². The van der Waals surface area contributed by atoms with Crippen LogP contribution in [0.3, 0.4) is 0 Å². The van der Waals surface area contributed by atoms with Gasteiger partial charge in [0.1, 0.15) is 0 Å². The molecule has 34 heavy (non-hydrogen) atoms. The molecule has 0 bridgehead atoms. The molecule has 9 nitrogen and oxygen atoms in total. The highest BCUT2D eigenvalue weighted by atomic mass is 32.2. The zero-order chi connectivity index (χ0) is 25.0. The summed E-state index contributed by atoms with van der Waals surface area (Å²) in [6.45, 7) is 7.83. The molecule has 2 atom stereocenters. The fourth-order valence-electron chi connectivity index (χ4n) is 4.35. The lowest BCUT2D eigenvalue weighted by molar-refractivity contribution is -0.118. The molecule has 3 rings (SSSR count). The zero-order valence-electron chi connectivity index (χ0n) is 19.7. The van der Waals surface area contributed by atoms with Crippen molar-refractivity contribution in [2.75, 3.05) is 30.3 Å². The van der Waals surface area contributed by atoms with Gasteiger partial charge in [-0.05, 0) is 62.7 Å². The summed E-state index contributed by atoms with van der Waals surface area (Å²) in [6, 6.07) is 12.5. The van der Waals surface area contributed by atoms with E-state index in [1.165, 1.54) is 23.4 Å². The number of hydrogen-bond acceptors (Lipinski definition) is 6. The number of amides is 2. The second-order valence-electron chi connectivity index (χ2n) is 8.63. The van der Waals surface area contributed by atoms with Gasteiger partial charge in [0, 0.05) is 43.5 Å². The lowest BCUT2D eigenvalue weighted by Gasteiger charge is -2.43. The number of nitrogens with zero attached hydrogens (tertiary/aromatic N) is 3. The summed E-state index contributed by atoms with van der Waals surface area (Å²) in [4.78, 5) is 25.9. The normalized spacial score (nSPS) is 19.3. The van der Waals surface area contributed by atoms with Gasteiger partial charge in [-0.2, -0.15) is 9.57 Å². The SMILES string of the molecule is CC(=O)Nc1ccc(NC(=O)CN2CC(C)N(S(=O)(=O)c3cccc(C#N)c3)C(C)C2)c(C)c1. The molecule has 0 aromatic heterocycles. The Labute approximate surface area is 200 Å². The highest BCUT2D eigenvalue weighted by molar-refractivity contribution is 7.89. The maximum atomic E-state index is 13.3. The maximum absolute atomic E-state index is 13.3. The molecule has 2 aromatic rings. The monoisotopic (exact) mass is 483 g/mol. The topological polar surface area (TPSA) is 123 Å². The Morgan fingerprint density at radius 2 is 1.76 bits per heavy atom. The third-order valence-electron chi connectivity index (χ3n) is 5.64. The second-order valence-corrected chi connectivity index (χ2v) is 10.5. The molecular formula is C24H29N5O4S. The molecule has 180 valence electrons. The highest BCUT2D eigenvalue weighted by Crippen LogP contribution is 2.26. The number of aryl methyl sites for hydroxylation is 1. The molecule has 2 amide bonds. The Balaban J connectivity index is 1.66. The van der Waals surface area contributed by atoms with Gasteiger partial charge in [0.05, 0.1) is 23.1 Å². The van der Waals surface area contributed by atoms with Gasteiger partial charge < -0.3 is 10.6 Å². The average Bonchev–Trinajstić information content (AvgIpc) is 2.74. The third kappa shape index (κ3) is 5.80. The molecule has 2 N–H and O–H groups in total. The summed E-state index contributed by atoms with van der Waals surface area (Å²) in [5, 5.41) is 14.7. The molecule has 1 saturated heterocycles. The van der Waals surface area contributed by atoms with E-state index in [9.17, 15) is 18.0 Å². The van der Waals surface area contributed by atoms with E-state index in [2.05, 4.69) is 10.6 Å². The van der Waals surface area contributed by atoms with Crippen LogP contribution < -0.4 is 10.6 Å². The zero-order valence-corrected chi connectivity index (χ0v) is 20.5. The van der Waals surface area contributed by atoms with Crippen LogP contribution in [-0.4, -0.2) is 61.2 Å². The molecule has 0 radical (unpaired) electrons. The Morgan fingerprint density at radius 3 is 2.35 bits per heavy atom. The van der Waals surface area contributed by atoms with Crippen molar-refractivity contribution in [3.05, 3.63) is 53.6 Å². The van der Waals surface area contributed by atoms with Crippen LogP contribution in [0.4, 0.5) is 11.4 Å². The van der Waals surface area contributed by atoms with Gasteiger partial charge in [0.2, 0.25) is 21.8 Å². The van der Waals surface area contributed by atoms with Crippen molar-refractivity contribution >= 4 is 33.2 Å². The molecule has 10 heteroatoms. The number of nitrogens with one attached hydrogen (secondary N) is 2. The molecule has 0 aliphatic carbocycles. The van der Waals surface area contributed by atoms with Gasteiger partial charge >= 0.3 is 0 Å². The molecule has 2 unspecified atom stereocenters. The number of hydrogen-bond donors (Lipinski definition) is 2. The van der Waals surface area contributed by atoms with E-state index in [0.29, 0.717) is 24.5 Å². The van der Waals surface area contributed by atoms with Gasteiger partial charge in [-0.25, -0.2) is 8.42 Å². The Hall–Kier alpha value is -3.26. The Morgan fingerprint density at radius 1 is 1.09 bits per heavy atom. The van der Waals surface area contributed by atoms with Crippen LogP contribution in [0.5, 0.6) is 0 Å². The van der Waals surface area contributed by atoms with Crippen LogP contribution in [0.1, 0.15) is 31.9 Å². The summed E-state index contributed by atoms with van der Waals surface area (Å²) in [5.41, 5.74) is 2.41. The van der Waals surface area contributed by atoms with Crippen molar-refractivity contribution in [2.24, 2.45) is 0 Å². The second kappa shape index (κ2) is 10.3. The van der Waals surface area contributed by atoms with Gasteiger partial charge in [0.25, 0.3) is 0 Å². The minimum atomic E-state index is -3.79. The molecule has 0 saturated carbocycles. The summed E-state index contributed by atoms with van der Waals surface area (Å²) in [6.07, 6.45) is 0. The maximum Gasteiger partial charge on any atom is 0.243 e. The van der Waals surface area contributed by atoms with Gasteiger partial charge in [-0.1, -0.05) is 6.07 Å². The van der Waals surface area contributed by atoms with E-state index in [1.807, 2.05) is 31.7 Å². The first kappa shape index (κ1) is 25.4. The van der Waals surface area contributed by atoms with Crippen LogP contribution in [0.15, 0.2) is 47.4 Å². The van der Waals surface area contributed by atoms with Crippen LogP contribution >= 0.6 is 0 Å². The summed E-state index contributed by atoms with van der Waals surface area (Å²) in [7, 11) is -3.79. The predicted molar refractivity (Wildman–Crippen MR) is 130 cm³/mol. The Kier molecular flexibility index (Phi) is 7.71. The molecule has 1 aliphatic rings. The van der Waals surface area contributed by atoms with Crippen LogP contribution in [0.25, 0.3) is 0 Å². The van der Waals surface area contributed by atoms with Crippen molar-refractivity contribution in [2.45, 2.75) is 44.7 Å². The minimum Gasteiger partial charge on any atom is -0.326 e. The number of carbonyl (C=O) groups is 2. The van der Waals surface area contributed by atoms with Crippen molar-refractivity contribution in [3.63, 3.8) is 0 Å². The summed E-state index contributed by atoms with van der Waals surface area (Å²) >= 11 is 0. The third-order valence-corrected chi connectivity index (χ3v) is 7.76. The number of piperazine rings is 1. The first-order valence-electron chi connectivity index (χ1n) is 11.0. The first-order valence-corrected chi connectivity index (χ1v) is 12.4. The van der Waals surface area contributed by atoms with E-state index in [1.54, 1.807) is 30.3 Å². The number of rotatable bonds is 6. The molecule has 0 spiro atoms. The van der Waals surface area contributed by atoms with E-state index in [-0.39, 0.29) is 40.9 Å². The quantitative estimate of drug-likeness (QED) is 0.651. The number of carbonyl (C=O) groups excluding carboxylic acids is 2. The Bertz CT molecular complexity index is 1230. The largest absolute Gasteiger partial charge is 0.326 e. The van der Waals surface area contributed by atoms with E-state index >= 15 is 0 Å². The fraction of sp³-hybridized carbons (Fsp3) is 0.375. The minimum absolute atomic E-state index is 0.0922. The number of nitriles is 1. The standard InChI is InChI=1S/C24H29N5O4S/c1-16-10-21(26-19(4)30)8-9-23(16)27-24(31)15-28-13-17(2)29(18(3)14-28)34(32,33)22-7-5-6-20(11-22)12-25/h5-11,17-18H,13-15H2,1-4H3,(H,26,30)(H,27,31). The smallest absolute Gasteiger partial charge is 0.243 e. The predicted octanol–water partition coefficient (Wildman–Crippen LogP) is 2.55. The van der Waals surface area contributed by atoms with E-state index in [4.69, 9.17) is 5.26 Å². The van der Waals surface area contributed by atoms with Crippen molar-refractivity contribution in [1.29, 1.82) is 5.26 Å². The van der Waals surface area contributed by atoms with Gasteiger partial charge in [-0.15, -0.1) is 0 Å². The fourth-order valence-corrected chi connectivity index (χ4v) is 6.20. The van der Waals surface area contributed by atoms with Crippen LogP contribution in [-0.2, 0) is 19.6 Å². The average molecular weight is 484 g/mol. The number of sulfonamides is 1. The van der Waals surface area contributed by atoms with Crippen LogP contribution in [0.2, 0.25) is 0 Å². The van der Waals surface area contributed by atoms with Gasteiger partial charge in [-0.3, -0.25) is 14.5 Å². The lowest BCUT2D eigenvalue weighted by atomic mass is 10.1. The summed E-state index contributed by atoms with van der Waals surface area (Å²) in [5.74, 6) is -0.369. The van der Waals surface area contributed by atoms with Crippen LogP contribution in [0, 0.1) is 18.3 Å². The van der Waals surface area contributed by atoms with Crippen molar-refractivity contribution < 1.29 is 18.0 Å². The number of anilines is 2. The molecule has 1 fully saturated rings. The van der Waals surface area contributed by atoms with Crippen molar-refractivity contribution in [3.8, 4) is 6.07 Å². The molecule has 1 aliphatic heterocycles. The molecule has 2 aromatic carbocycles. The van der Waals surface area contributed by atoms with Crippen molar-refractivity contribution in [1.82, 2.24) is 9.21 Å². The molecule has 1 heterocycles. The highest BCUT2D eigenvalue weighted by Gasteiger charge is 2.38. The lowest BCUT2D eigenvalue weighted by Crippen LogP contribution is -2.59. The number of benzene rings is 2. The summed E-state index contributed by atoms with van der Waals surface area (Å²) < 4.78 is 28.0. The van der Waals surface area contributed by atoms with E-state index < -0.39 is 10.0 Å². The molecular weight excluding hydrogens is 454 g/mol. The first-order chi connectivity index (χ1) is 16.0.